The van der Waals surface area contributed by atoms with Crippen molar-refractivity contribution in [3.63, 3.8) is 0 Å². The van der Waals surface area contributed by atoms with Gasteiger partial charge in [0, 0.05) is 6.61 Å². The highest BCUT2D eigenvalue weighted by atomic mass is 16.2. The van der Waals surface area contributed by atoms with E-state index in [9.17, 15) is 0 Å². The van der Waals surface area contributed by atoms with Gasteiger partial charge in [0.2, 0.25) is 0 Å². The molecule has 0 heterocycles. The van der Waals surface area contributed by atoms with Gasteiger partial charge in [0.1, 0.15) is 0 Å². The molecule has 0 aliphatic rings. The molecule has 0 saturated heterocycles. The molecule has 0 fully saturated rings. The predicted molar refractivity (Wildman–Crippen MR) is 77.2 cm³/mol. The van der Waals surface area contributed by atoms with Crippen LogP contribution in [0.2, 0.25) is 0 Å². The third kappa shape index (κ3) is 15.4. The highest BCUT2D eigenvalue weighted by Gasteiger charge is 1.89. The topological polar surface area (TPSA) is 20.2 Å². The number of hydrogen-bond acceptors (Lipinski definition) is 1. The Morgan fingerprint density at radius 1 is 0.647 bits per heavy atom. The summed E-state index contributed by atoms with van der Waals surface area (Å²) in [5.74, 6) is 0. The van der Waals surface area contributed by atoms with Gasteiger partial charge < -0.3 is 5.11 Å². The molecular weight excluding hydrogens is 208 g/mol. The molecule has 0 atom stereocenters. The van der Waals surface area contributed by atoms with E-state index in [1.807, 2.05) is 0 Å². The standard InChI is InChI=1S/C16H30O/c1-2-3-4-5-6-7-8-9-10-11-12-13-14-15-16-17/h3-4,7-8,17H,2,5-6,9-16H2,1H3/b4-3+,8-7+. The number of aliphatic hydroxyl groups excluding tert-OH is 1. The maximum Gasteiger partial charge on any atom is 0.0431 e. The van der Waals surface area contributed by atoms with Crippen molar-refractivity contribution in [1.82, 2.24) is 0 Å². The van der Waals surface area contributed by atoms with E-state index in [1.54, 1.807) is 0 Å². The van der Waals surface area contributed by atoms with Crippen molar-refractivity contribution in [2.24, 2.45) is 0 Å². The van der Waals surface area contributed by atoms with Crippen LogP contribution in [0.25, 0.3) is 0 Å². The van der Waals surface area contributed by atoms with E-state index < -0.39 is 0 Å². The highest BCUT2D eigenvalue weighted by molar-refractivity contribution is 4.87. The van der Waals surface area contributed by atoms with Gasteiger partial charge in [-0.1, -0.05) is 56.9 Å². The van der Waals surface area contributed by atoms with Gasteiger partial charge in [0.25, 0.3) is 0 Å². The fourth-order valence-corrected chi connectivity index (χ4v) is 1.79. The Morgan fingerprint density at radius 2 is 1.18 bits per heavy atom. The third-order valence-electron chi connectivity index (χ3n) is 2.85. The molecule has 0 rings (SSSR count). The van der Waals surface area contributed by atoms with Crippen LogP contribution < -0.4 is 0 Å². The largest absolute Gasteiger partial charge is 0.396 e. The number of hydrogen-bond donors (Lipinski definition) is 1. The minimum Gasteiger partial charge on any atom is -0.396 e. The Morgan fingerprint density at radius 3 is 1.82 bits per heavy atom. The van der Waals surface area contributed by atoms with Crippen LogP contribution in [0.1, 0.15) is 71.1 Å². The van der Waals surface area contributed by atoms with Crippen molar-refractivity contribution in [2.45, 2.75) is 71.1 Å². The summed E-state index contributed by atoms with van der Waals surface area (Å²) in [6, 6.07) is 0. The summed E-state index contributed by atoms with van der Waals surface area (Å²) in [4.78, 5) is 0. The molecule has 17 heavy (non-hydrogen) atoms. The van der Waals surface area contributed by atoms with Crippen LogP contribution in [0.15, 0.2) is 24.3 Å². The lowest BCUT2D eigenvalue weighted by Crippen LogP contribution is -1.83. The van der Waals surface area contributed by atoms with E-state index in [0.717, 1.165) is 12.8 Å². The lowest BCUT2D eigenvalue weighted by Gasteiger charge is -1.98. The van der Waals surface area contributed by atoms with Crippen molar-refractivity contribution >= 4 is 0 Å². The molecule has 0 aliphatic carbocycles. The molecule has 1 nitrogen and oxygen atoms in total. The lowest BCUT2D eigenvalue weighted by molar-refractivity contribution is 0.282. The number of unbranched alkanes of at least 4 members (excludes halogenated alkanes) is 7. The van der Waals surface area contributed by atoms with Gasteiger partial charge in [0.05, 0.1) is 0 Å². The quantitative estimate of drug-likeness (QED) is 0.374. The van der Waals surface area contributed by atoms with Crippen molar-refractivity contribution in [1.29, 1.82) is 0 Å². The summed E-state index contributed by atoms with van der Waals surface area (Å²) in [5, 5.41) is 8.63. The van der Waals surface area contributed by atoms with Crippen molar-refractivity contribution < 1.29 is 5.11 Å². The van der Waals surface area contributed by atoms with Crippen molar-refractivity contribution in [3.05, 3.63) is 24.3 Å². The van der Waals surface area contributed by atoms with Gasteiger partial charge in [-0.3, -0.25) is 0 Å². The summed E-state index contributed by atoms with van der Waals surface area (Å²) in [5.41, 5.74) is 0. The van der Waals surface area contributed by atoms with Gasteiger partial charge in [-0.15, -0.1) is 0 Å². The molecule has 0 unspecified atom stereocenters. The molecule has 100 valence electrons. The average Bonchev–Trinajstić information content (AvgIpc) is 2.35. The molecule has 0 amide bonds. The molecule has 0 aromatic carbocycles. The van der Waals surface area contributed by atoms with E-state index in [2.05, 4.69) is 31.2 Å². The molecule has 0 spiro atoms. The van der Waals surface area contributed by atoms with Crippen LogP contribution in [-0.2, 0) is 0 Å². The maximum atomic E-state index is 8.63. The second-order valence-electron chi connectivity index (χ2n) is 4.56. The molecule has 1 N–H and O–H groups in total. The SMILES string of the molecule is CC/C=C/CC/C=C/CCCCCCCCO. The molecule has 0 aliphatic heterocycles. The van der Waals surface area contributed by atoms with Gasteiger partial charge in [-0.25, -0.2) is 0 Å². The normalized spacial score (nSPS) is 11.9. The number of rotatable bonds is 12. The number of allylic oxidation sites excluding steroid dienone is 4. The molecule has 0 radical (unpaired) electrons. The second-order valence-corrected chi connectivity index (χ2v) is 4.56. The summed E-state index contributed by atoms with van der Waals surface area (Å²) in [7, 11) is 0. The first-order valence-electron chi connectivity index (χ1n) is 7.32. The van der Waals surface area contributed by atoms with Gasteiger partial charge in [0.15, 0.2) is 0 Å². The summed E-state index contributed by atoms with van der Waals surface area (Å²) in [6.45, 7) is 2.53. The minimum atomic E-state index is 0.356. The minimum absolute atomic E-state index is 0.356. The maximum absolute atomic E-state index is 8.63. The van der Waals surface area contributed by atoms with E-state index >= 15 is 0 Å². The Bertz CT molecular complexity index is 182. The van der Waals surface area contributed by atoms with Crippen LogP contribution in [0.3, 0.4) is 0 Å². The third-order valence-corrected chi connectivity index (χ3v) is 2.85. The van der Waals surface area contributed by atoms with Crippen LogP contribution >= 0.6 is 0 Å². The van der Waals surface area contributed by atoms with E-state index in [0.29, 0.717) is 6.61 Å². The zero-order valence-electron chi connectivity index (χ0n) is 11.5. The second kappa shape index (κ2) is 15.4. The first-order valence-corrected chi connectivity index (χ1v) is 7.32. The molecule has 0 saturated carbocycles. The first kappa shape index (κ1) is 16.4. The first-order chi connectivity index (χ1) is 8.41. The monoisotopic (exact) mass is 238 g/mol. The fraction of sp³-hybridized carbons (Fsp3) is 0.750. The Labute approximate surface area is 108 Å². The molecule has 0 aromatic heterocycles. The van der Waals surface area contributed by atoms with Crippen LogP contribution in [0.5, 0.6) is 0 Å². The molecule has 0 bridgehead atoms. The summed E-state index contributed by atoms with van der Waals surface area (Å²) < 4.78 is 0. The highest BCUT2D eigenvalue weighted by Crippen LogP contribution is 2.07. The number of aliphatic hydroxyl groups is 1. The molecule has 0 aromatic rings. The molecular formula is C16H30O. The Balaban J connectivity index is 3.06. The van der Waals surface area contributed by atoms with Gasteiger partial charge >= 0.3 is 0 Å². The van der Waals surface area contributed by atoms with E-state index in [1.165, 1.54) is 51.4 Å². The summed E-state index contributed by atoms with van der Waals surface area (Å²) in [6.07, 6.45) is 21.3. The van der Waals surface area contributed by atoms with Crippen LogP contribution in [0, 0.1) is 0 Å². The summed E-state index contributed by atoms with van der Waals surface area (Å²) >= 11 is 0. The fourth-order valence-electron chi connectivity index (χ4n) is 1.79. The zero-order valence-corrected chi connectivity index (χ0v) is 11.5. The predicted octanol–water partition coefficient (Wildman–Crippen LogP) is 5.01. The van der Waals surface area contributed by atoms with Crippen molar-refractivity contribution in [2.75, 3.05) is 6.61 Å². The van der Waals surface area contributed by atoms with Crippen LogP contribution in [0.4, 0.5) is 0 Å². The average molecular weight is 238 g/mol. The lowest BCUT2D eigenvalue weighted by atomic mass is 10.1. The van der Waals surface area contributed by atoms with E-state index in [4.69, 9.17) is 5.11 Å². The van der Waals surface area contributed by atoms with Gasteiger partial charge in [-0.2, -0.15) is 0 Å². The molecule has 1 heteroatoms. The van der Waals surface area contributed by atoms with E-state index in [-0.39, 0.29) is 0 Å². The zero-order chi connectivity index (χ0) is 12.6. The van der Waals surface area contributed by atoms with Gasteiger partial charge in [-0.05, 0) is 38.5 Å². The van der Waals surface area contributed by atoms with Crippen LogP contribution in [-0.4, -0.2) is 11.7 Å². The Kier molecular flexibility index (Phi) is 14.9. The Hall–Kier alpha value is -0.560. The smallest absolute Gasteiger partial charge is 0.0431 e. The van der Waals surface area contributed by atoms with Crippen molar-refractivity contribution in [3.8, 4) is 0 Å².